The van der Waals surface area contributed by atoms with Crippen molar-refractivity contribution in [1.29, 1.82) is 0 Å². The van der Waals surface area contributed by atoms with Gasteiger partial charge < -0.3 is 5.73 Å². The van der Waals surface area contributed by atoms with Crippen LogP contribution in [0.1, 0.15) is 26.3 Å². The van der Waals surface area contributed by atoms with Crippen molar-refractivity contribution in [3.05, 3.63) is 29.8 Å². The molecule has 1 rings (SSSR count). The zero-order chi connectivity index (χ0) is 10.6. The molecule has 1 nitrogen and oxygen atoms in total. The van der Waals surface area contributed by atoms with Gasteiger partial charge in [-0.15, -0.1) is 11.8 Å². The van der Waals surface area contributed by atoms with E-state index in [2.05, 4.69) is 45.0 Å². The van der Waals surface area contributed by atoms with Gasteiger partial charge in [0.05, 0.1) is 0 Å². The Balaban J connectivity index is 2.69. The van der Waals surface area contributed by atoms with Crippen LogP contribution in [0.3, 0.4) is 0 Å². The van der Waals surface area contributed by atoms with E-state index < -0.39 is 0 Å². The minimum atomic E-state index is 0.133. The first kappa shape index (κ1) is 11.6. The van der Waals surface area contributed by atoms with Gasteiger partial charge in [-0.3, -0.25) is 0 Å². The maximum absolute atomic E-state index is 5.69. The maximum Gasteiger partial charge on any atom is 0.0273 e. The normalized spacial score (nSPS) is 11.7. The number of hydrogen-bond acceptors (Lipinski definition) is 2. The first-order valence-electron chi connectivity index (χ1n) is 5.05. The summed E-state index contributed by atoms with van der Waals surface area (Å²) in [5, 5.41) is 0. The molecule has 0 atom stereocenters. The van der Waals surface area contributed by atoms with Gasteiger partial charge in [0.1, 0.15) is 0 Å². The lowest BCUT2D eigenvalue weighted by Crippen LogP contribution is -2.26. The molecule has 1 aromatic carbocycles. The number of rotatable bonds is 4. The van der Waals surface area contributed by atoms with Crippen LogP contribution in [-0.2, 0) is 6.42 Å². The molecule has 0 unspecified atom stereocenters. The fourth-order valence-electron chi connectivity index (χ4n) is 1.15. The summed E-state index contributed by atoms with van der Waals surface area (Å²) in [4.78, 5) is 1.30. The number of hydrogen-bond donors (Lipinski definition) is 1. The quantitative estimate of drug-likeness (QED) is 0.771. The highest BCUT2D eigenvalue weighted by Gasteiger charge is 2.16. The largest absolute Gasteiger partial charge is 0.329 e. The molecule has 0 spiro atoms. The second kappa shape index (κ2) is 4.85. The predicted molar refractivity (Wildman–Crippen MR) is 64.8 cm³/mol. The van der Waals surface area contributed by atoms with Crippen LogP contribution in [0.2, 0.25) is 0 Å². The summed E-state index contributed by atoms with van der Waals surface area (Å²) in [6, 6.07) is 8.74. The van der Waals surface area contributed by atoms with Crippen molar-refractivity contribution < 1.29 is 0 Å². The monoisotopic (exact) mass is 209 g/mol. The summed E-state index contributed by atoms with van der Waals surface area (Å²) < 4.78 is 0.133. The highest BCUT2D eigenvalue weighted by molar-refractivity contribution is 8.00. The van der Waals surface area contributed by atoms with Crippen LogP contribution in [0.5, 0.6) is 0 Å². The number of thioether (sulfide) groups is 1. The van der Waals surface area contributed by atoms with Crippen molar-refractivity contribution in [1.82, 2.24) is 0 Å². The van der Waals surface area contributed by atoms with E-state index in [0.29, 0.717) is 6.54 Å². The van der Waals surface area contributed by atoms with Gasteiger partial charge >= 0.3 is 0 Å². The van der Waals surface area contributed by atoms with Gasteiger partial charge in [-0.25, -0.2) is 0 Å². The third-order valence-corrected chi connectivity index (χ3v) is 3.44. The van der Waals surface area contributed by atoms with E-state index in [9.17, 15) is 0 Å². The first-order valence-corrected chi connectivity index (χ1v) is 5.87. The van der Waals surface area contributed by atoms with E-state index in [4.69, 9.17) is 5.73 Å². The fourth-order valence-corrected chi connectivity index (χ4v) is 2.15. The average molecular weight is 209 g/mol. The fraction of sp³-hybridized carbons (Fsp3) is 0.500. The van der Waals surface area contributed by atoms with Crippen molar-refractivity contribution in [2.24, 2.45) is 5.73 Å². The molecule has 0 aliphatic heterocycles. The third-order valence-electron chi connectivity index (χ3n) is 2.22. The van der Waals surface area contributed by atoms with E-state index in [1.165, 1.54) is 10.5 Å². The van der Waals surface area contributed by atoms with Crippen molar-refractivity contribution >= 4 is 11.8 Å². The molecule has 0 aliphatic carbocycles. The molecule has 0 amide bonds. The average Bonchev–Trinajstić information content (AvgIpc) is 2.19. The Labute approximate surface area is 91.1 Å². The summed E-state index contributed by atoms with van der Waals surface area (Å²) in [5.74, 6) is 0. The Morgan fingerprint density at radius 3 is 2.21 bits per heavy atom. The van der Waals surface area contributed by atoms with E-state index in [0.717, 1.165) is 6.42 Å². The molecule has 0 saturated heterocycles. The lowest BCUT2D eigenvalue weighted by Gasteiger charge is -2.21. The lowest BCUT2D eigenvalue weighted by atomic mass is 10.2. The Bertz CT molecular complexity index is 277. The van der Waals surface area contributed by atoms with Gasteiger partial charge in [-0.1, -0.05) is 19.1 Å². The number of benzene rings is 1. The Kier molecular flexibility index (Phi) is 4.02. The molecular weight excluding hydrogens is 190 g/mol. The molecule has 78 valence electrons. The van der Waals surface area contributed by atoms with Crippen LogP contribution in [-0.4, -0.2) is 11.3 Å². The predicted octanol–water partition coefficient (Wildman–Crippen LogP) is 3.08. The van der Waals surface area contributed by atoms with E-state index >= 15 is 0 Å². The van der Waals surface area contributed by atoms with Gasteiger partial charge in [0.2, 0.25) is 0 Å². The molecule has 0 fully saturated rings. The van der Waals surface area contributed by atoms with Crippen LogP contribution in [0.15, 0.2) is 29.2 Å². The van der Waals surface area contributed by atoms with Gasteiger partial charge in [0.25, 0.3) is 0 Å². The summed E-state index contributed by atoms with van der Waals surface area (Å²) in [5.41, 5.74) is 7.08. The third kappa shape index (κ3) is 3.35. The van der Waals surface area contributed by atoms with Crippen molar-refractivity contribution in [2.45, 2.75) is 36.8 Å². The molecule has 1 aromatic rings. The second-order valence-electron chi connectivity index (χ2n) is 4.06. The Morgan fingerprint density at radius 1 is 1.21 bits per heavy atom. The molecule has 0 bridgehead atoms. The van der Waals surface area contributed by atoms with E-state index in [-0.39, 0.29) is 4.75 Å². The summed E-state index contributed by atoms with van der Waals surface area (Å²) in [6.45, 7) is 7.22. The van der Waals surface area contributed by atoms with Crippen LogP contribution >= 0.6 is 11.8 Å². The van der Waals surface area contributed by atoms with Crippen molar-refractivity contribution in [3.63, 3.8) is 0 Å². The minimum absolute atomic E-state index is 0.133. The van der Waals surface area contributed by atoms with Crippen LogP contribution in [0.4, 0.5) is 0 Å². The van der Waals surface area contributed by atoms with Gasteiger partial charge in [0, 0.05) is 16.2 Å². The highest BCUT2D eigenvalue weighted by Crippen LogP contribution is 2.31. The van der Waals surface area contributed by atoms with Crippen molar-refractivity contribution in [3.8, 4) is 0 Å². The molecule has 0 heterocycles. The molecule has 0 aliphatic rings. The standard InChI is InChI=1S/C12H19NS/c1-4-10-5-7-11(8-6-10)14-12(2,3)9-13/h5-8H,4,9,13H2,1-3H3. The highest BCUT2D eigenvalue weighted by atomic mass is 32.2. The topological polar surface area (TPSA) is 26.0 Å². The second-order valence-corrected chi connectivity index (χ2v) is 5.84. The smallest absolute Gasteiger partial charge is 0.0273 e. The Morgan fingerprint density at radius 2 is 1.79 bits per heavy atom. The molecule has 0 saturated carbocycles. The summed E-state index contributed by atoms with van der Waals surface area (Å²) in [6.07, 6.45) is 1.10. The van der Waals surface area contributed by atoms with Crippen LogP contribution in [0.25, 0.3) is 0 Å². The number of aryl methyl sites for hydroxylation is 1. The molecule has 0 aromatic heterocycles. The zero-order valence-corrected chi connectivity index (χ0v) is 10.0. The van der Waals surface area contributed by atoms with E-state index in [1.807, 2.05) is 11.8 Å². The van der Waals surface area contributed by atoms with Crippen molar-refractivity contribution in [2.75, 3.05) is 6.54 Å². The molecule has 2 N–H and O–H groups in total. The van der Waals surface area contributed by atoms with Gasteiger partial charge in [-0.2, -0.15) is 0 Å². The summed E-state index contributed by atoms with van der Waals surface area (Å²) >= 11 is 1.84. The summed E-state index contributed by atoms with van der Waals surface area (Å²) in [7, 11) is 0. The maximum atomic E-state index is 5.69. The molecular formula is C12H19NS. The molecule has 0 radical (unpaired) electrons. The van der Waals surface area contributed by atoms with Gasteiger partial charge in [0.15, 0.2) is 0 Å². The van der Waals surface area contributed by atoms with Crippen LogP contribution in [0, 0.1) is 0 Å². The minimum Gasteiger partial charge on any atom is -0.329 e. The Hall–Kier alpha value is -0.470. The number of nitrogens with two attached hydrogens (primary N) is 1. The van der Waals surface area contributed by atoms with Crippen LogP contribution < -0.4 is 5.73 Å². The van der Waals surface area contributed by atoms with E-state index in [1.54, 1.807) is 0 Å². The zero-order valence-electron chi connectivity index (χ0n) is 9.21. The SMILES string of the molecule is CCc1ccc(SC(C)(C)CN)cc1. The van der Waals surface area contributed by atoms with Gasteiger partial charge in [-0.05, 0) is 38.0 Å². The molecule has 2 heteroatoms. The lowest BCUT2D eigenvalue weighted by molar-refractivity contribution is 0.723. The molecule has 14 heavy (non-hydrogen) atoms. The first-order chi connectivity index (χ1) is 6.57.